The van der Waals surface area contributed by atoms with Crippen molar-refractivity contribution < 1.29 is 0 Å². The van der Waals surface area contributed by atoms with E-state index in [1.807, 2.05) is 0 Å². The molecule has 0 aliphatic heterocycles. The van der Waals surface area contributed by atoms with Gasteiger partial charge in [0, 0.05) is 0 Å². The highest BCUT2D eigenvalue weighted by atomic mass is 15.2. The molecule has 13 bridgehead atoms. The van der Waals surface area contributed by atoms with Crippen LogP contribution in [0.25, 0.3) is 0 Å². The Bertz CT molecular complexity index is 1260. The molecule has 202 valence electrons. The Balaban J connectivity index is 1.46. The lowest BCUT2D eigenvalue weighted by Gasteiger charge is -2.87. The van der Waals surface area contributed by atoms with E-state index in [-0.39, 0.29) is 0 Å². The van der Waals surface area contributed by atoms with Crippen LogP contribution in [0.4, 0.5) is 0 Å². The van der Waals surface area contributed by atoms with Crippen molar-refractivity contribution in [3.8, 4) is 0 Å². The minimum Gasteiger partial charge on any atom is -0.0591 e. The fourth-order valence-corrected chi connectivity index (χ4v) is 21.2. The average Bonchev–Trinajstić information content (AvgIpc) is 3.44. The standard InChI is InChI=1S/C37H54/c1-25-9-7-12-29(5)20-30(6)19-28(4)11-8-10-26(2)15-16-27(3,14-13-25)35-23-31(28)17-18-32(29)21-34(30)22-33(25,31)24-36(26,35)37(32,34)35/h7-24H2,1-6H3/t25-,26+,27-,28-,29+,30?,31-,32+,33-,34+,35+,36-,37?/m1/s1. The second kappa shape index (κ2) is 4.79. The normalized spacial score (nSPS) is 79.6. The van der Waals surface area contributed by atoms with E-state index in [1.54, 1.807) is 116 Å². The van der Waals surface area contributed by atoms with Gasteiger partial charge in [-0.2, -0.15) is 0 Å². The molecule has 37 heavy (non-hydrogen) atoms. The first kappa shape index (κ1) is 21.7. The Hall–Kier alpha value is 0. The lowest BCUT2D eigenvalue weighted by atomic mass is 9.17. The predicted molar refractivity (Wildman–Crippen MR) is 149 cm³/mol. The van der Waals surface area contributed by atoms with Crippen molar-refractivity contribution in [3.05, 3.63) is 0 Å². The second-order valence-electron chi connectivity index (χ2n) is 20.5. The zero-order valence-electron chi connectivity index (χ0n) is 25.2. The predicted octanol–water partition coefficient (Wildman–Crippen LogP) is 10.1. The Morgan fingerprint density at radius 2 is 0.757 bits per heavy atom. The molecule has 0 nitrogen and oxygen atoms in total. The van der Waals surface area contributed by atoms with Gasteiger partial charge in [-0.15, -0.1) is 0 Å². The third-order valence-electron chi connectivity index (χ3n) is 21.2. The van der Waals surface area contributed by atoms with Crippen LogP contribution in [0.15, 0.2) is 0 Å². The van der Waals surface area contributed by atoms with E-state index in [0.717, 1.165) is 0 Å². The lowest BCUT2D eigenvalue weighted by molar-refractivity contribution is -0.393. The van der Waals surface area contributed by atoms with Crippen molar-refractivity contribution >= 4 is 0 Å². The number of rotatable bonds is 0. The van der Waals surface area contributed by atoms with Gasteiger partial charge in [0.05, 0.1) is 0 Å². The molecule has 0 radical (unpaired) electrons. The van der Waals surface area contributed by atoms with Crippen LogP contribution >= 0.6 is 0 Å². The van der Waals surface area contributed by atoms with Crippen molar-refractivity contribution in [1.29, 1.82) is 0 Å². The second-order valence-corrected chi connectivity index (χ2v) is 20.5. The minimum absolute atomic E-state index is 0.572. The third kappa shape index (κ3) is 1.30. The van der Waals surface area contributed by atoms with Crippen molar-refractivity contribution in [3.63, 3.8) is 0 Å². The van der Waals surface area contributed by atoms with Crippen molar-refractivity contribution in [1.82, 2.24) is 0 Å². The van der Waals surface area contributed by atoms with Gasteiger partial charge in [0.2, 0.25) is 0 Å². The molecule has 17 fully saturated rings. The van der Waals surface area contributed by atoms with Gasteiger partial charge in [-0.3, -0.25) is 0 Å². The van der Waals surface area contributed by atoms with E-state index in [1.165, 1.54) is 0 Å². The quantitative estimate of drug-likeness (QED) is 0.311. The van der Waals surface area contributed by atoms with Crippen LogP contribution in [0.5, 0.6) is 0 Å². The van der Waals surface area contributed by atoms with E-state index in [9.17, 15) is 0 Å². The molecule has 17 rings (SSSR count). The molecule has 17 aliphatic carbocycles. The maximum absolute atomic E-state index is 2.98. The maximum atomic E-state index is 2.98. The Kier molecular flexibility index (Phi) is 2.81. The van der Waals surface area contributed by atoms with E-state index >= 15 is 0 Å². The molecule has 0 N–H and O–H groups in total. The van der Waals surface area contributed by atoms with Gasteiger partial charge < -0.3 is 0 Å². The monoisotopic (exact) mass is 498 g/mol. The average molecular weight is 499 g/mol. The summed E-state index contributed by atoms with van der Waals surface area (Å²) in [7, 11) is 0. The topological polar surface area (TPSA) is 0 Å². The molecule has 0 aromatic rings. The molecule has 0 heteroatoms. The zero-order valence-corrected chi connectivity index (χ0v) is 25.2. The largest absolute Gasteiger partial charge is 0.0591 e. The van der Waals surface area contributed by atoms with Crippen LogP contribution in [-0.2, 0) is 0 Å². The van der Waals surface area contributed by atoms with Gasteiger partial charge in [0.15, 0.2) is 0 Å². The molecule has 0 amide bonds. The highest BCUT2D eigenvalue weighted by molar-refractivity contribution is 5.61. The molecular weight excluding hydrogens is 444 g/mol. The Labute approximate surface area is 227 Å². The summed E-state index contributed by atoms with van der Waals surface area (Å²) in [6.07, 6.45) is 29.1. The fraction of sp³-hybridized carbons (Fsp3) is 1.00. The summed E-state index contributed by atoms with van der Waals surface area (Å²) in [5, 5.41) is 0. The van der Waals surface area contributed by atoms with E-state index in [4.69, 9.17) is 0 Å². The summed E-state index contributed by atoms with van der Waals surface area (Å²) in [5.74, 6) is 0. The Morgan fingerprint density at radius 3 is 1.43 bits per heavy atom. The highest BCUT2D eigenvalue weighted by Crippen LogP contribution is 3.20. The molecular formula is C37H54. The molecule has 0 saturated heterocycles. The minimum atomic E-state index is 0.572. The summed E-state index contributed by atoms with van der Waals surface area (Å²) in [5.41, 5.74) is 8.32. The third-order valence-corrected chi connectivity index (χ3v) is 21.2. The van der Waals surface area contributed by atoms with Gasteiger partial charge in [0.1, 0.15) is 0 Å². The fourth-order valence-electron chi connectivity index (χ4n) is 21.2. The summed E-state index contributed by atoms with van der Waals surface area (Å²) in [6.45, 7) is 17.8. The number of fused-ring (bicyclic) bond motifs is 4. The van der Waals surface area contributed by atoms with Crippen LogP contribution in [-0.4, -0.2) is 0 Å². The summed E-state index contributed by atoms with van der Waals surface area (Å²) in [6, 6.07) is 0. The molecule has 0 heterocycles. The van der Waals surface area contributed by atoms with Crippen molar-refractivity contribution in [2.45, 2.75) is 157 Å². The summed E-state index contributed by atoms with van der Waals surface area (Å²) < 4.78 is 0. The lowest BCUT2D eigenvalue weighted by Crippen LogP contribution is -2.81. The van der Waals surface area contributed by atoms with E-state index in [0.29, 0.717) is 70.4 Å². The highest BCUT2D eigenvalue weighted by Gasteiger charge is 3.14. The smallest absolute Gasteiger partial charge is 0.00383 e. The van der Waals surface area contributed by atoms with Crippen LogP contribution < -0.4 is 0 Å². The summed E-state index contributed by atoms with van der Waals surface area (Å²) >= 11 is 0. The molecule has 0 aromatic heterocycles. The van der Waals surface area contributed by atoms with E-state index in [2.05, 4.69) is 41.5 Å². The molecule has 2 unspecified atom stereocenters. The molecule has 13 atom stereocenters. The maximum Gasteiger partial charge on any atom is -0.00383 e. The SMILES string of the molecule is CC12C[C@]3(C)CCC[C@]4(C)CC[C@]5(C)CC[C@]6(C)CCC[C@](C)(C1)[C@]17CC[C@]38C[C@]23C[C@@]41C[C@@]61C38[C@@]51C7. The first-order valence-corrected chi connectivity index (χ1v) is 17.3. The van der Waals surface area contributed by atoms with Crippen LogP contribution in [0, 0.1) is 70.4 Å². The van der Waals surface area contributed by atoms with Crippen molar-refractivity contribution in [2.75, 3.05) is 0 Å². The molecule has 7 spiro atoms. The molecule has 17 saturated carbocycles. The molecule has 0 aromatic carbocycles. The zero-order chi connectivity index (χ0) is 25.2. The molecule has 17 aliphatic rings. The van der Waals surface area contributed by atoms with Crippen molar-refractivity contribution in [2.24, 2.45) is 70.4 Å². The van der Waals surface area contributed by atoms with Gasteiger partial charge >= 0.3 is 0 Å². The number of hydrogen-bond donors (Lipinski definition) is 0. The van der Waals surface area contributed by atoms with Crippen LogP contribution in [0.1, 0.15) is 157 Å². The van der Waals surface area contributed by atoms with Gasteiger partial charge in [-0.1, -0.05) is 54.4 Å². The van der Waals surface area contributed by atoms with Crippen LogP contribution in [0.2, 0.25) is 0 Å². The van der Waals surface area contributed by atoms with Gasteiger partial charge in [-0.25, -0.2) is 0 Å². The first-order valence-electron chi connectivity index (χ1n) is 17.3. The van der Waals surface area contributed by atoms with Crippen LogP contribution in [0.3, 0.4) is 0 Å². The van der Waals surface area contributed by atoms with Gasteiger partial charge in [0.25, 0.3) is 0 Å². The summed E-state index contributed by atoms with van der Waals surface area (Å²) in [4.78, 5) is 0. The Morgan fingerprint density at radius 1 is 0.297 bits per heavy atom. The van der Waals surface area contributed by atoms with E-state index < -0.39 is 0 Å². The van der Waals surface area contributed by atoms with Gasteiger partial charge in [-0.05, 0) is 173 Å². The first-order chi connectivity index (χ1) is 17.3. The number of hydrogen-bond acceptors (Lipinski definition) is 0.